The first kappa shape index (κ1) is 13.8. The lowest BCUT2D eigenvalue weighted by Crippen LogP contribution is -2.10. The van der Waals surface area contributed by atoms with Crippen molar-refractivity contribution in [2.75, 3.05) is 14.1 Å². The highest BCUT2D eigenvalue weighted by molar-refractivity contribution is 5.69. The Labute approximate surface area is 124 Å². The summed E-state index contributed by atoms with van der Waals surface area (Å²) in [6.07, 6.45) is 3.84. The van der Waals surface area contributed by atoms with Crippen LogP contribution in [0.25, 0.3) is 16.9 Å². The molecule has 0 bridgehead atoms. The van der Waals surface area contributed by atoms with E-state index in [9.17, 15) is 5.11 Å². The summed E-state index contributed by atoms with van der Waals surface area (Å²) in [5.41, 5.74) is 5.03. The van der Waals surface area contributed by atoms with Crippen molar-refractivity contribution >= 4 is 5.52 Å². The summed E-state index contributed by atoms with van der Waals surface area (Å²) >= 11 is 0. The van der Waals surface area contributed by atoms with Crippen LogP contribution in [-0.4, -0.2) is 33.5 Å². The van der Waals surface area contributed by atoms with Crippen molar-refractivity contribution < 1.29 is 5.11 Å². The van der Waals surface area contributed by atoms with E-state index in [1.54, 1.807) is 0 Å². The van der Waals surface area contributed by atoms with E-state index in [0.29, 0.717) is 0 Å². The fraction of sp³-hybridized carbons (Fsp3) is 0.235. The van der Waals surface area contributed by atoms with Crippen molar-refractivity contribution in [1.29, 1.82) is 0 Å². The van der Waals surface area contributed by atoms with Crippen molar-refractivity contribution in [2.45, 2.75) is 13.2 Å². The minimum absolute atomic E-state index is 0.0105. The summed E-state index contributed by atoms with van der Waals surface area (Å²) in [4.78, 5) is 6.62. The lowest BCUT2D eigenvalue weighted by molar-refractivity contribution is 0.282. The Kier molecular flexibility index (Phi) is 3.73. The van der Waals surface area contributed by atoms with Crippen LogP contribution in [0.2, 0.25) is 0 Å². The van der Waals surface area contributed by atoms with Crippen LogP contribution < -0.4 is 0 Å². The lowest BCUT2D eigenvalue weighted by Gasteiger charge is -2.11. The zero-order chi connectivity index (χ0) is 14.8. The number of fused-ring (bicyclic) bond motifs is 1. The van der Waals surface area contributed by atoms with Crippen molar-refractivity contribution in [3.05, 3.63) is 59.9 Å². The van der Waals surface area contributed by atoms with Gasteiger partial charge in [-0.15, -0.1) is 0 Å². The van der Waals surface area contributed by atoms with Gasteiger partial charge in [0.05, 0.1) is 18.0 Å². The van der Waals surface area contributed by atoms with Gasteiger partial charge in [0, 0.05) is 30.0 Å². The lowest BCUT2D eigenvalue weighted by atomic mass is 10.1. The second kappa shape index (κ2) is 5.68. The Bertz CT molecular complexity index is 762. The Morgan fingerprint density at radius 3 is 2.81 bits per heavy atom. The van der Waals surface area contributed by atoms with Crippen LogP contribution in [0.3, 0.4) is 0 Å². The van der Waals surface area contributed by atoms with Crippen LogP contribution in [0.15, 0.2) is 48.8 Å². The van der Waals surface area contributed by atoms with Gasteiger partial charge in [-0.1, -0.05) is 6.07 Å². The number of aromatic nitrogens is 2. The molecule has 0 amide bonds. The summed E-state index contributed by atoms with van der Waals surface area (Å²) in [5, 5.41) is 9.65. The third kappa shape index (κ3) is 2.68. The van der Waals surface area contributed by atoms with Crippen LogP contribution in [0.1, 0.15) is 11.1 Å². The van der Waals surface area contributed by atoms with Gasteiger partial charge in [-0.3, -0.25) is 4.98 Å². The average Bonchev–Trinajstić information content (AvgIpc) is 2.85. The van der Waals surface area contributed by atoms with E-state index in [1.807, 2.05) is 56.8 Å². The zero-order valence-electron chi connectivity index (χ0n) is 12.3. The predicted molar refractivity (Wildman–Crippen MR) is 83.9 cm³/mol. The Balaban J connectivity index is 2.15. The second-order valence-corrected chi connectivity index (χ2v) is 5.46. The molecule has 3 heterocycles. The molecule has 108 valence electrons. The number of pyridine rings is 2. The summed E-state index contributed by atoms with van der Waals surface area (Å²) in [6.45, 7) is 0.879. The molecule has 0 fully saturated rings. The Morgan fingerprint density at radius 1 is 1.19 bits per heavy atom. The fourth-order valence-electron chi connectivity index (χ4n) is 2.65. The van der Waals surface area contributed by atoms with E-state index in [0.717, 1.165) is 29.0 Å². The average molecular weight is 281 g/mol. The van der Waals surface area contributed by atoms with Crippen LogP contribution >= 0.6 is 0 Å². The van der Waals surface area contributed by atoms with Crippen LogP contribution in [-0.2, 0) is 13.2 Å². The summed E-state index contributed by atoms with van der Waals surface area (Å²) < 4.78 is 2.08. The quantitative estimate of drug-likeness (QED) is 0.799. The van der Waals surface area contributed by atoms with Crippen molar-refractivity contribution in [3.63, 3.8) is 0 Å². The molecular formula is C17H19N3O. The van der Waals surface area contributed by atoms with Gasteiger partial charge in [-0.05, 0) is 50.0 Å². The molecule has 4 heteroatoms. The SMILES string of the molecule is CN(C)Cc1ccnc(-c2c(CO)cc3ccccn23)c1. The topological polar surface area (TPSA) is 40.8 Å². The van der Waals surface area contributed by atoms with Crippen molar-refractivity contribution in [3.8, 4) is 11.4 Å². The monoisotopic (exact) mass is 281 g/mol. The molecule has 0 saturated carbocycles. The highest BCUT2D eigenvalue weighted by atomic mass is 16.3. The van der Waals surface area contributed by atoms with Crippen molar-refractivity contribution in [2.24, 2.45) is 0 Å². The summed E-state index contributed by atoms with van der Waals surface area (Å²) in [7, 11) is 4.10. The van der Waals surface area contributed by atoms with Gasteiger partial charge in [0.15, 0.2) is 0 Å². The molecule has 0 spiro atoms. The summed E-state index contributed by atoms with van der Waals surface area (Å²) in [5.74, 6) is 0. The van der Waals surface area contributed by atoms with Crippen molar-refractivity contribution in [1.82, 2.24) is 14.3 Å². The standard InChI is InChI=1S/C17H19N3O/c1-19(2)11-13-6-7-18-16(9-13)17-14(12-21)10-15-5-3-4-8-20(15)17/h3-10,21H,11-12H2,1-2H3. The predicted octanol–water partition coefficient (Wildman–Crippen LogP) is 2.56. The first-order valence-electron chi connectivity index (χ1n) is 6.99. The normalized spacial score (nSPS) is 11.4. The van der Waals surface area contributed by atoms with Gasteiger partial charge in [-0.25, -0.2) is 0 Å². The minimum atomic E-state index is 0.0105. The number of aliphatic hydroxyl groups excluding tert-OH is 1. The third-order valence-electron chi connectivity index (χ3n) is 3.49. The van der Waals surface area contributed by atoms with Crippen LogP contribution in [0.4, 0.5) is 0 Å². The van der Waals surface area contributed by atoms with Gasteiger partial charge < -0.3 is 14.4 Å². The zero-order valence-corrected chi connectivity index (χ0v) is 12.3. The Hall–Kier alpha value is -2.17. The maximum Gasteiger partial charge on any atom is 0.0876 e. The molecule has 3 rings (SSSR count). The van der Waals surface area contributed by atoms with Gasteiger partial charge in [0.2, 0.25) is 0 Å². The number of rotatable bonds is 4. The minimum Gasteiger partial charge on any atom is -0.392 e. The van der Waals surface area contributed by atoms with Gasteiger partial charge >= 0.3 is 0 Å². The molecule has 1 N–H and O–H groups in total. The largest absolute Gasteiger partial charge is 0.392 e. The molecule has 0 aliphatic heterocycles. The van der Waals surface area contributed by atoms with Gasteiger partial charge in [-0.2, -0.15) is 0 Å². The molecule has 0 aliphatic rings. The first-order valence-corrected chi connectivity index (χ1v) is 6.99. The maximum absolute atomic E-state index is 9.65. The molecule has 21 heavy (non-hydrogen) atoms. The molecule has 4 nitrogen and oxygen atoms in total. The smallest absolute Gasteiger partial charge is 0.0876 e. The molecule has 0 saturated heterocycles. The molecule has 0 aliphatic carbocycles. The van der Waals surface area contributed by atoms with Gasteiger partial charge in [0.25, 0.3) is 0 Å². The molecule has 3 aromatic heterocycles. The van der Waals surface area contributed by atoms with E-state index < -0.39 is 0 Å². The van der Waals surface area contributed by atoms with E-state index in [2.05, 4.69) is 20.4 Å². The molecule has 0 atom stereocenters. The highest BCUT2D eigenvalue weighted by Gasteiger charge is 2.13. The molecule has 3 aromatic rings. The van der Waals surface area contributed by atoms with Crippen LogP contribution in [0.5, 0.6) is 0 Å². The second-order valence-electron chi connectivity index (χ2n) is 5.46. The maximum atomic E-state index is 9.65. The fourth-order valence-corrected chi connectivity index (χ4v) is 2.65. The number of nitrogens with zero attached hydrogens (tertiary/aromatic N) is 3. The molecule has 0 radical (unpaired) electrons. The third-order valence-corrected chi connectivity index (χ3v) is 3.49. The highest BCUT2D eigenvalue weighted by Crippen LogP contribution is 2.27. The van der Waals surface area contributed by atoms with E-state index >= 15 is 0 Å². The molecule has 0 aromatic carbocycles. The molecule has 0 unspecified atom stereocenters. The number of aliphatic hydroxyl groups is 1. The van der Waals surface area contributed by atoms with E-state index in [-0.39, 0.29) is 6.61 Å². The number of hydrogen-bond acceptors (Lipinski definition) is 3. The van der Waals surface area contributed by atoms with Crippen LogP contribution in [0, 0.1) is 0 Å². The Morgan fingerprint density at radius 2 is 2.05 bits per heavy atom. The number of hydrogen-bond donors (Lipinski definition) is 1. The summed E-state index contributed by atoms with van der Waals surface area (Å²) in [6, 6.07) is 12.1. The van der Waals surface area contributed by atoms with Gasteiger partial charge in [0.1, 0.15) is 0 Å². The van der Waals surface area contributed by atoms with E-state index in [4.69, 9.17) is 0 Å². The molecular weight excluding hydrogens is 262 g/mol. The van der Waals surface area contributed by atoms with E-state index in [1.165, 1.54) is 5.56 Å². The first-order chi connectivity index (χ1) is 10.2.